The summed E-state index contributed by atoms with van der Waals surface area (Å²) in [6.07, 6.45) is 7.37. The Bertz CT molecular complexity index is 821. The Morgan fingerprint density at radius 2 is 1.35 bits per heavy atom. The molecule has 0 radical (unpaired) electrons. The Labute approximate surface area is 197 Å². The van der Waals surface area contributed by atoms with Gasteiger partial charge in [0.05, 0.1) is 25.8 Å². The molecule has 0 saturated carbocycles. The number of esters is 2. The summed E-state index contributed by atoms with van der Waals surface area (Å²) in [4.78, 5) is 37.5. The monoisotopic (exact) mass is 492 g/mol. The zero-order valence-corrected chi connectivity index (χ0v) is 20.6. The third-order valence-corrected chi connectivity index (χ3v) is 5.27. The Kier molecular flexibility index (Phi) is 13.9. The van der Waals surface area contributed by atoms with Crippen LogP contribution >= 0.6 is 34.8 Å². The van der Waals surface area contributed by atoms with Crippen LogP contribution < -0.4 is 0 Å². The lowest BCUT2D eigenvalue weighted by atomic mass is 9.84. The van der Waals surface area contributed by atoms with E-state index in [0.717, 1.165) is 6.42 Å². The van der Waals surface area contributed by atoms with Crippen molar-refractivity contribution in [2.75, 3.05) is 14.2 Å². The number of aromatic nitrogens is 4. The molecule has 0 aliphatic carbocycles. The largest absolute Gasteiger partial charge is 0.469 e. The van der Waals surface area contributed by atoms with Gasteiger partial charge in [0.2, 0.25) is 0 Å². The van der Waals surface area contributed by atoms with Gasteiger partial charge in [0, 0.05) is 24.8 Å². The second-order valence-corrected chi connectivity index (χ2v) is 7.42. The second kappa shape index (κ2) is 14.9. The highest BCUT2D eigenvalue weighted by Crippen LogP contribution is 2.31. The topological polar surface area (TPSA) is 104 Å². The van der Waals surface area contributed by atoms with Gasteiger partial charge in [-0.2, -0.15) is 0 Å². The molecule has 31 heavy (non-hydrogen) atoms. The number of carbonyl (C=O) groups excluding carboxylic acids is 2. The van der Waals surface area contributed by atoms with Crippen molar-refractivity contribution in [2.24, 2.45) is 5.92 Å². The summed E-state index contributed by atoms with van der Waals surface area (Å²) in [7, 11) is 2.76. The summed E-state index contributed by atoms with van der Waals surface area (Å²) >= 11 is 16.7. The third kappa shape index (κ3) is 9.33. The van der Waals surface area contributed by atoms with E-state index in [1.165, 1.54) is 39.0 Å². The van der Waals surface area contributed by atoms with Crippen LogP contribution in [0.3, 0.4) is 0 Å². The van der Waals surface area contributed by atoms with Crippen molar-refractivity contribution in [3.63, 3.8) is 0 Å². The van der Waals surface area contributed by atoms with Gasteiger partial charge in [-0.15, -0.1) is 0 Å². The maximum atomic E-state index is 11.7. The number of ether oxygens (including phenoxy) is 2. The maximum Gasteiger partial charge on any atom is 0.317 e. The molecule has 2 heterocycles. The number of halogens is 3. The number of hydrogen-bond donors (Lipinski definition) is 0. The highest BCUT2D eigenvalue weighted by molar-refractivity contribution is 6.40. The molecule has 0 bridgehead atoms. The van der Waals surface area contributed by atoms with Gasteiger partial charge < -0.3 is 9.47 Å². The van der Waals surface area contributed by atoms with E-state index >= 15 is 0 Å². The van der Waals surface area contributed by atoms with Crippen LogP contribution in [0.1, 0.15) is 46.2 Å². The number of hydrogen-bond acceptors (Lipinski definition) is 8. The summed E-state index contributed by atoms with van der Waals surface area (Å²) < 4.78 is 9.21. The number of carbonyl (C=O) groups is 2. The third-order valence-electron chi connectivity index (χ3n) is 4.35. The average Bonchev–Trinajstić information content (AvgIpc) is 2.79. The molecule has 0 aromatic carbocycles. The van der Waals surface area contributed by atoms with E-state index in [0.29, 0.717) is 12.1 Å². The van der Waals surface area contributed by atoms with Crippen molar-refractivity contribution in [3.05, 3.63) is 45.9 Å². The van der Waals surface area contributed by atoms with Gasteiger partial charge in [-0.25, -0.2) is 15.0 Å². The molecule has 172 valence electrons. The fourth-order valence-electron chi connectivity index (χ4n) is 2.00. The first-order valence-electron chi connectivity index (χ1n) is 9.34. The molecule has 0 N–H and O–H groups in total. The Hall–Kier alpha value is -2.03. The van der Waals surface area contributed by atoms with Crippen molar-refractivity contribution < 1.29 is 19.1 Å². The van der Waals surface area contributed by atoms with Crippen LogP contribution in [0.15, 0.2) is 24.8 Å². The molecule has 2 unspecified atom stereocenters. The predicted molar refractivity (Wildman–Crippen MR) is 120 cm³/mol. The summed E-state index contributed by atoms with van der Waals surface area (Å²) in [6.45, 7) is 7.43. The lowest BCUT2D eigenvalue weighted by Crippen LogP contribution is -2.34. The van der Waals surface area contributed by atoms with Crippen LogP contribution in [0.4, 0.5) is 0 Å². The minimum Gasteiger partial charge on any atom is -0.469 e. The van der Waals surface area contributed by atoms with E-state index in [4.69, 9.17) is 39.5 Å². The van der Waals surface area contributed by atoms with E-state index in [9.17, 15) is 9.59 Å². The second-order valence-electron chi connectivity index (χ2n) is 6.34. The molecule has 0 aliphatic heterocycles. The van der Waals surface area contributed by atoms with Crippen LogP contribution in [0.25, 0.3) is 0 Å². The van der Waals surface area contributed by atoms with Gasteiger partial charge in [0.15, 0.2) is 15.5 Å². The van der Waals surface area contributed by atoms with E-state index in [1.807, 2.05) is 20.8 Å². The lowest BCUT2D eigenvalue weighted by molar-refractivity contribution is -0.147. The molecule has 0 spiro atoms. The zero-order valence-electron chi connectivity index (χ0n) is 18.4. The maximum absolute atomic E-state index is 11.7. The predicted octanol–water partition coefficient (Wildman–Crippen LogP) is 4.96. The Balaban J connectivity index is 0.000000477. The van der Waals surface area contributed by atoms with Gasteiger partial charge in [-0.3, -0.25) is 14.6 Å². The summed E-state index contributed by atoms with van der Waals surface area (Å²) in [5.41, 5.74) is -0.374. The fraction of sp³-hybridized carbons (Fsp3) is 0.500. The molecule has 11 heteroatoms. The zero-order chi connectivity index (χ0) is 24.0. The van der Waals surface area contributed by atoms with Gasteiger partial charge in [-0.05, 0) is 19.8 Å². The number of methoxy groups -OCH3 is 2. The summed E-state index contributed by atoms with van der Waals surface area (Å²) in [5, 5.41) is 0.732. The molecule has 8 nitrogen and oxygen atoms in total. The smallest absolute Gasteiger partial charge is 0.317 e. The minimum atomic E-state index is -0.833. The number of rotatable bonds is 5. The molecule has 2 aromatic rings. The van der Waals surface area contributed by atoms with E-state index in [2.05, 4.69) is 24.7 Å². The van der Waals surface area contributed by atoms with E-state index in [-0.39, 0.29) is 33.3 Å². The SMILES string of the molecule is CCC(C)(C(=O)OC)c1nccnc1Cl.CCC(C)C(=O)OC.Clc1nccnc1Cl. The van der Waals surface area contributed by atoms with E-state index in [1.54, 1.807) is 6.92 Å². The first-order valence-corrected chi connectivity index (χ1v) is 10.5. The average molecular weight is 494 g/mol. The van der Waals surface area contributed by atoms with Crippen molar-refractivity contribution in [1.82, 2.24) is 19.9 Å². The molecule has 0 fully saturated rings. The fourth-order valence-corrected chi connectivity index (χ4v) is 2.52. The van der Waals surface area contributed by atoms with Gasteiger partial charge in [-0.1, -0.05) is 55.6 Å². The van der Waals surface area contributed by atoms with Crippen molar-refractivity contribution in [3.8, 4) is 0 Å². The van der Waals surface area contributed by atoms with Crippen LogP contribution in [0.5, 0.6) is 0 Å². The number of nitrogens with zero attached hydrogens (tertiary/aromatic N) is 4. The first-order chi connectivity index (χ1) is 14.6. The molecular formula is C20H27Cl3N4O4. The first kappa shape index (κ1) is 29.0. The van der Waals surface area contributed by atoms with Gasteiger partial charge in [0.25, 0.3) is 0 Å². The van der Waals surface area contributed by atoms with E-state index < -0.39 is 5.41 Å². The van der Waals surface area contributed by atoms with Crippen LogP contribution in [-0.2, 0) is 24.5 Å². The standard InChI is InChI=1S/C10H13ClN2O2.C6H12O2.C4H2Cl2N2/c1-4-10(2,9(14)15-3)7-8(11)13-6-5-12-7;1-4-5(2)6(7)8-3;5-3-4(6)8-2-1-7-3/h5-6H,4H2,1-3H3;5H,4H2,1-3H3;1-2H. The molecule has 2 rings (SSSR count). The minimum absolute atomic E-state index is 0.0556. The Morgan fingerprint density at radius 3 is 1.65 bits per heavy atom. The molecule has 0 amide bonds. The molecule has 2 atom stereocenters. The molecular weight excluding hydrogens is 467 g/mol. The summed E-state index contributed by atoms with van der Waals surface area (Å²) in [6, 6.07) is 0. The molecule has 0 saturated heterocycles. The molecule has 2 aromatic heterocycles. The van der Waals surface area contributed by atoms with Gasteiger partial charge >= 0.3 is 11.9 Å². The lowest BCUT2D eigenvalue weighted by Gasteiger charge is -2.24. The van der Waals surface area contributed by atoms with Crippen LogP contribution in [-0.4, -0.2) is 46.1 Å². The van der Waals surface area contributed by atoms with Crippen molar-refractivity contribution in [2.45, 2.75) is 46.0 Å². The van der Waals surface area contributed by atoms with Crippen molar-refractivity contribution in [1.29, 1.82) is 0 Å². The normalized spacial score (nSPS) is 12.7. The molecule has 0 aliphatic rings. The van der Waals surface area contributed by atoms with Crippen molar-refractivity contribution >= 4 is 46.7 Å². The highest BCUT2D eigenvalue weighted by Gasteiger charge is 2.38. The van der Waals surface area contributed by atoms with Crippen LogP contribution in [0.2, 0.25) is 15.5 Å². The van der Waals surface area contributed by atoms with Crippen LogP contribution in [0, 0.1) is 5.92 Å². The highest BCUT2D eigenvalue weighted by atomic mass is 35.5. The Morgan fingerprint density at radius 1 is 0.903 bits per heavy atom. The summed E-state index contributed by atoms with van der Waals surface area (Å²) in [5.74, 6) is -0.417. The van der Waals surface area contributed by atoms with Gasteiger partial charge in [0.1, 0.15) is 5.41 Å². The quantitative estimate of drug-likeness (QED) is 0.538.